The number of carboxylic acids is 1. The molecular formula is C14H19NO2S. The van der Waals surface area contributed by atoms with Crippen molar-refractivity contribution in [2.24, 2.45) is 5.92 Å². The number of piperidine rings is 1. The zero-order valence-electron chi connectivity index (χ0n) is 10.6. The Balaban J connectivity index is 1.88. The van der Waals surface area contributed by atoms with Crippen LogP contribution in [0, 0.1) is 5.92 Å². The van der Waals surface area contributed by atoms with E-state index in [1.807, 2.05) is 6.07 Å². The number of carbonyl (C=O) groups is 1. The summed E-state index contributed by atoms with van der Waals surface area (Å²) in [4.78, 5) is 15.2. The monoisotopic (exact) mass is 265 g/mol. The molecule has 1 aromatic rings. The van der Waals surface area contributed by atoms with Crippen LogP contribution in [-0.4, -0.2) is 29.1 Å². The predicted molar refractivity (Wildman–Crippen MR) is 74.7 cm³/mol. The normalized spacial score (nSPS) is 18.5. The average molecular weight is 265 g/mol. The first-order valence-corrected chi connectivity index (χ1v) is 7.17. The smallest absolute Gasteiger partial charge is 0.328 e. The molecule has 4 heteroatoms. The van der Waals surface area contributed by atoms with Gasteiger partial charge in [0.05, 0.1) is 0 Å². The molecular weight excluding hydrogens is 246 g/mol. The van der Waals surface area contributed by atoms with Crippen molar-refractivity contribution in [3.8, 4) is 0 Å². The molecule has 2 rings (SSSR count). The van der Waals surface area contributed by atoms with Gasteiger partial charge in [-0.3, -0.25) is 4.90 Å². The summed E-state index contributed by atoms with van der Waals surface area (Å²) in [6.07, 6.45) is 5.43. The average Bonchev–Trinajstić information content (AvgIpc) is 2.77. The maximum absolute atomic E-state index is 10.4. The molecule has 0 radical (unpaired) electrons. The molecule has 0 aromatic carbocycles. The summed E-state index contributed by atoms with van der Waals surface area (Å²) in [5.41, 5.74) is 0. The molecule has 0 atom stereocenters. The van der Waals surface area contributed by atoms with E-state index in [2.05, 4.69) is 17.9 Å². The van der Waals surface area contributed by atoms with Gasteiger partial charge in [-0.2, -0.15) is 0 Å². The molecule has 0 saturated carbocycles. The topological polar surface area (TPSA) is 40.5 Å². The first-order valence-electron chi connectivity index (χ1n) is 6.35. The minimum atomic E-state index is -0.894. The van der Waals surface area contributed by atoms with Crippen molar-refractivity contribution in [1.82, 2.24) is 4.90 Å². The molecule has 3 nitrogen and oxygen atoms in total. The minimum Gasteiger partial charge on any atom is -0.478 e. The molecule has 1 aliphatic heterocycles. The molecule has 1 N–H and O–H groups in total. The predicted octanol–water partition coefficient (Wildman–Crippen LogP) is 3.08. The molecule has 18 heavy (non-hydrogen) atoms. The van der Waals surface area contributed by atoms with Gasteiger partial charge in [0.15, 0.2) is 0 Å². The third-order valence-corrected chi connectivity index (χ3v) is 4.36. The highest BCUT2D eigenvalue weighted by Gasteiger charge is 2.16. The third-order valence-electron chi connectivity index (χ3n) is 3.33. The van der Waals surface area contributed by atoms with Crippen molar-refractivity contribution < 1.29 is 9.90 Å². The quantitative estimate of drug-likeness (QED) is 0.851. The van der Waals surface area contributed by atoms with Gasteiger partial charge in [0.2, 0.25) is 0 Å². The fourth-order valence-electron chi connectivity index (χ4n) is 2.16. The first kappa shape index (κ1) is 13.3. The third kappa shape index (κ3) is 3.96. The minimum absolute atomic E-state index is 0.860. The van der Waals surface area contributed by atoms with Crippen molar-refractivity contribution >= 4 is 23.4 Å². The lowest BCUT2D eigenvalue weighted by molar-refractivity contribution is -0.131. The summed E-state index contributed by atoms with van der Waals surface area (Å²) in [5.74, 6) is -0.0337. The van der Waals surface area contributed by atoms with Gasteiger partial charge in [0.1, 0.15) is 0 Å². The van der Waals surface area contributed by atoms with Crippen molar-refractivity contribution in [1.29, 1.82) is 0 Å². The van der Waals surface area contributed by atoms with Crippen LogP contribution in [0.5, 0.6) is 0 Å². The van der Waals surface area contributed by atoms with Crippen molar-refractivity contribution in [3.63, 3.8) is 0 Å². The van der Waals surface area contributed by atoms with Crippen molar-refractivity contribution in [2.45, 2.75) is 26.3 Å². The maximum Gasteiger partial charge on any atom is 0.328 e. The zero-order chi connectivity index (χ0) is 13.0. The molecule has 2 heterocycles. The van der Waals surface area contributed by atoms with E-state index in [-0.39, 0.29) is 0 Å². The van der Waals surface area contributed by atoms with E-state index in [9.17, 15) is 4.79 Å². The van der Waals surface area contributed by atoms with Crippen molar-refractivity contribution in [2.75, 3.05) is 13.1 Å². The van der Waals surface area contributed by atoms with Crippen LogP contribution in [0.25, 0.3) is 6.08 Å². The lowest BCUT2D eigenvalue weighted by Crippen LogP contribution is -2.32. The number of thiophene rings is 1. The van der Waals surface area contributed by atoms with Gasteiger partial charge < -0.3 is 5.11 Å². The number of likely N-dealkylation sites (tertiary alicyclic amines) is 1. The number of hydrogen-bond acceptors (Lipinski definition) is 3. The highest BCUT2D eigenvalue weighted by atomic mass is 32.1. The van der Waals surface area contributed by atoms with E-state index >= 15 is 0 Å². The Morgan fingerprint density at radius 2 is 2.22 bits per heavy atom. The zero-order valence-corrected chi connectivity index (χ0v) is 11.4. The van der Waals surface area contributed by atoms with E-state index in [4.69, 9.17) is 5.11 Å². The highest BCUT2D eigenvalue weighted by molar-refractivity contribution is 7.12. The molecule has 98 valence electrons. The van der Waals surface area contributed by atoms with Crippen LogP contribution in [0.1, 0.15) is 29.5 Å². The van der Waals surface area contributed by atoms with Crippen LogP contribution >= 0.6 is 11.3 Å². The Kier molecular flexibility index (Phi) is 4.55. The molecule has 0 unspecified atom stereocenters. The molecule has 0 amide bonds. The van der Waals surface area contributed by atoms with Crippen LogP contribution in [0.3, 0.4) is 0 Å². The molecule has 1 fully saturated rings. The van der Waals surface area contributed by atoms with Gasteiger partial charge in [0, 0.05) is 22.4 Å². The SMILES string of the molecule is CC1CCN(Cc2ccc(C=CC(=O)O)s2)CC1. The van der Waals surface area contributed by atoms with Gasteiger partial charge in [0.25, 0.3) is 0 Å². The van der Waals surface area contributed by atoms with Crippen LogP contribution < -0.4 is 0 Å². The molecule has 0 bridgehead atoms. The molecule has 0 aliphatic carbocycles. The lowest BCUT2D eigenvalue weighted by Gasteiger charge is -2.29. The van der Waals surface area contributed by atoms with E-state index in [1.165, 1.54) is 36.9 Å². The van der Waals surface area contributed by atoms with E-state index < -0.39 is 5.97 Å². The van der Waals surface area contributed by atoms with Crippen LogP contribution in [-0.2, 0) is 11.3 Å². The summed E-state index contributed by atoms with van der Waals surface area (Å²) >= 11 is 1.68. The first-order chi connectivity index (χ1) is 8.63. The Morgan fingerprint density at radius 3 is 2.89 bits per heavy atom. The fourth-order valence-corrected chi connectivity index (χ4v) is 3.12. The van der Waals surface area contributed by atoms with Crippen LogP contribution in [0.15, 0.2) is 18.2 Å². The van der Waals surface area contributed by atoms with E-state index in [1.54, 1.807) is 17.4 Å². The largest absolute Gasteiger partial charge is 0.478 e. The van der Waals surface area contributed by atoms with E-state index in [0.29, 0.717) is 0 Å². The highest BCUT2D eigenvalue weighted by Crippen LogP contribution is 2.23. The van der Waals surface area contributed by atoms with Gasteiger partial charge in [-0.1, -0.05) is 6.92 Å². The van der Waals surface area contributed by atoms with Gasteiger partial charge in [-0.25, -0.2) is 4.79 Å². The fraction of sp³-hybridized carbons (Fsp3) is 0.500. The number of aliphatic carboxylic acids is 1. The summed E-state index contributed by atoms with van der Waals surface area (Å²) in [6.45, 7) is 5.67. The number of carboxylic acid groups (broad SMARTS) is 1. The number of hydrogen-bond donors (Lipinski definition) is 1. The Labute approximate surface area is 112 Å². The van der Waals surface area contributed by atoms with E-state index in [0.717, 1.165) is 17.3 Å². The standard InChI is InChI=1S/C14H19NO2S/c1-11-6-8-15(9-7-11)10-13-3-2-12(18-13)4-5-14(16)17/h2-5,11H,6-10H2,1H3,(H,16,17). The second-order valence-electron chi connectivity index (χ2n) is 4.93. The Bertz CT molecular complexity index is 431. The van der Waals surface area contributed by atoms with Crippen LogP contribution in [0.4, 0.5) is 0 Å². The maximum atomic E-state index is 10.4. The molecule has 1 saturated heterocycles. The van der Waals surface area contributed by atoms with Crippen LogP contribution in [0.2, 0.25) is 0 Å². The second-order valence-corrected chi connectivity index (χ2v) is 6.13. The summed E-state index contributed by atoms with van der Waals surface area (Å²) in [7, 11) is 0. The Hall–Kier alpha value is -1.13. The van der Waals surface area contributed by atoms with Crippen molar-refractivity contribution in [3.05, 3.63) is 28.0 Å². The van der Waals surface area contributed by atoms with Gasteiger partial charge in [-0.15, -0.1) is 11.3 Å². The lowest BCUT2D eigenvalue weighted by atomic mass is 9.99. The van der Waals surface area contributed by atoms with Gasteiger partial charge >= 0.3 is 5.97 Å². The molecule has 0 spiro atoms. The molecule has 1 aliphatic rings. The second kappa shape index (κ2) is 6.16. The number of rotatable bonds is 4. The Morgan fingerprint density at radius 1 is 1.50 bits per heavy atom. The number of nitrogens with zero attached hydrogens (tertiary/aromatic N) is 1. The summed E-state index contributed by atoms with van der Waals surface area (Å²) in [5, 5.41) is 8.58. The van der Waals surface area contributed by atoms with Gasteiger partial charge in [-0.05, 0) is 50.1 Å². The molecule has 1 aromatic heterocycles. The summed E-state index contributed by atoms with van der Waals surface area (Å²) < 4.78 is 0. The summed E-state index contributed by atoms with van der Waals surface area (Å²) in [6, 6.07) is 4.09.